The first-order valence-electron chi connectivity index (χ1n) is 7.42. The summed E-state index contributed by atoms with van der Waals surface area (Å²) in [5.41, 5.74) is 1.64. The second kappa shape index (κ2) is 6.12. The standard InChI is InChI=1S/C18H17NO4/c20-16(21)14-6-8-15(9-7-14)18(10-11-18)19-17(22)23-12-13-4-2-1-3-5-13/h1-9H,10-12H2,(H,19,22)(H,20,21). The van der Waals surface area contributed by atoms with Gasteiger partial charge < -0.3 is 15.2 Å². The molecule has 1 saturated carbocycles. The number of hydrogen-bond acceptors (Lipinski definition) is 3. The Labute approximate surface area is 133 Å². The SMILES string of the molecule is O=C(NC1(c2ccc(C(=O)O)cc2)CC1)OCc1ccccc1. The van der Waals surface area contributed by atoms with E-state index < -0.39 is 17.6 Å². The Kier molecular flexibility index (Phi) is 4.02. The summed E-state index contributed by atoms with van der Waals surface area (Å²) in [6.45, 7) is 0.223. The maximum atomic E-state index is 12.0. The van der Waals surface area contributed by atoms with Crippen molar-refractivity contribution in [2.24, 2.45) is 0 Å². The number of alkyl carbamates (subject to hydrolysis) is 1. The highest BCUT2D eigenvalue weighted by molar-refractivity contribution is 5.87. The first-order chi connectivity index (χ1) is 11.1. The summed E-state index contributed by atoms with van der Waals surface area (Å²) in [5.74, 6) is -0.961. The topological polar surface area (TPSA) is 75.6 Å². The maximum absolute atomic E-state index is 12.0. The van der Waals surface area contributed by atoms with Crippen molar-refractivity contribution >= 4 is 12.1 Å². The molecule has 23 heavy (non-hydrogen) atoms. The van der Waals surface area contributed by atoms with Gasteiger partial charge in [0.15, 0.2) is 0 Å². The van der Waals surface area contributed by atoms with Gasteiger partial charge in [0.1, 0.15) is 6.61 Å². The number of hydrogen-bond donors (Lipinski definition) is 2. The molecule has 3 rings (SSSR count). The maximum Gasteiger partial charge on any atom is 0.408 e. The molecule has 0 spiro atoms. The van der Waals surface area contributed by atoms with Crippen molar-refractivity contribution < 1.29 is 19.4 Å². The zero-order valence-electron chi connectivity index (χ0n) is 12.5. The van der Waals surface area contributed by atoms with Crippen LogP contribution in [0, 0.1) is 0 Å². The van der Waals surface area contributed by atoms with Gasteiger partial charge in [0.2, 0.25) is 0 Å². The number of aromatic carboxylic acids is 1. The highest BCUT2D eigenvalue weighted by Crippen LogP contribution is 2.45. The van der Waals surface area contributed by atoms with Gasteiger partial charge in [0.05, 0.1) is 11.1 Å². The van der Waals surface area contributed by atoms with E-state index in [1.165, 1.54) is 0 Å². The summed E-state index contributed by atoms with van der Waals surface area (Å²) >= 11 is 0. The molecule has 2 aromatic carbocycles. The Morgan fingerprint density at radius 2 is 1.70 bits per heavy atom. The van der Waals surface area contributed by atoms with E-state index in [0.29, 0.717) is 0 Å². The lowest BCUT2D eigenvalue weighted by Gasteiger charge is -2.18. The predicted octanol–water partition coefficient (Wildman–Crippen LogP) is 3.30. The van der Waals surface area contributed by atoms with E-state index >= 15 is 0 Å². The third-order valence-corrected chi connectivity index (χ3v) is 3.99. The first kappa shape index (κ1) is 15.1. The quantitative estimate of drug-likeness (QED) is 0.888. The molecule has 118 valence electrons. The molecule has 1 aliphatic rings. The van der Waals surface area contributed by atoms with Crippen molar-refractivity contribution in [3.63, 3.8) is 0 Å². The Balaban J connectivity index is 1.60. The van der Waals surface area contributed by atoms with Gasteiger partial charge in [-0.3, -0.25) is 0 Å². The van der Waals surface area contributed by atoms with E-state index in [0.717, 1.165) is 24.0 Å². The van der Waals surface area contributed by atoms with Crippen molar-refractivity contribution in [2.45, 2.75) is 25.0 Å². The summed E-state index contributed by atoms with van der Waals surface area (Å²) in [5, 5.41) is 11.8. The summed E-state index contributed by atoms with van der Waals surface area (Å²) in [6, 6.07) is 16.1. The summed E-state index contributed by atoms with van der Waals surface area (Å²) in [7, 11) is 0. The van der Waals surface area contributed by atoms with Crippen LogP contribution in [0.15, 0.2) is 54.6 Å². The number of rotatable bonds is 5. The number of carbonyl (C=O) groups is 2. The summed E-state index contributed by atoms with van der Waals surface area (Å²) < 4.78 is 5.24. The molecule has 0 heterocycles. The van der Waals surface area contributed by atoms with E-state index in [-0.39, 0.29) is 12.2 Å². The summed E-state index contributed by atoms with van der Waals surface area (Å²) in [6.07, 6.45) is 1.17. The lowest BCUT2D eigenvalue weighted by Crippen LogP contribution is -2.35. The molecule has 0 unspecified atom stereocenters. The molecule has 0 radical (unpaired) electrons. The average Bonchev–Trinajstić information content (AvgIpc) is 3.35. The molecule has 1 aliphatic carbocycles. The number of ether oxygens (including phenoxy) is 1. The number of carboxylic acids is 1. The molecule has 2 N–H and O–H groups in total. The Hall–Kier alpha value is -2.82. The second-order valence-electron chi connectivity index (χ2n) is 5.65. The van der Waals surface area contributed by atoms with Gasteiger partial charge in [-0.25, -0.2) is 9.59 Å². The van der Waals surface area contributed by atoms with Gasteiger partial charge >= 0.3 is 12.1 Å². The third-order valence-electron chi connectivity index (χ3n) is 3.99. The van der Waals surface area contributed by atoms with E-state index in [1.54, 1.807) is 24.3 Å². The van der Waals surface area contributed by atoms with Crippen molar-refractivity contribution in [3.05, 3.63) is 71.3 Å². The molecule has 5 nitrogen and oxygen atoms in total. The molecule has 2 aromatic rings. The molecule has 0 aromatic heterocycles. The van der Waals surface area contributed by atoms with Gasteiger partial charge in [0, 0.05) is 0 Å². The van der Waals surface area contributed by atoms with Crippen LogP contribution in [0.4, 0.5) is 4.79 Å². The van der Waals surface area contributed by atoms with Gasteiger partial charge in [-0.05, 0) is 36.1 Å². The van der Waals surface area contributed by atoms with Crippen LogP contribution in [0.2, 0.25) is 0 Å². The smallest absolute Gasteiger partial charge is 0.408 e. The van der Waals surface area contributed by atoms with Gasteiger partial charge in [-0.2, -0.15) is 0 Å². The van der Waals surface area contributed by atoms with E-state index in [1.807, 2.05) is 30.3 Å². The molecular formula is C18H17NO4. The van der Waals surface area contributed by atoms with Crippen LogP contribution in [0.1, 0.15) is 34.3 Å². The predicted molar refractivity (Wildman–Crippen MR) is 84.1 cm³/mol. The van der Waals surface area contributed by atoms with Crippen LogP contribution < -0.4 is 5.32 Å². The lowest BCUT2D eigenvalue weighted by atomic mass is 10.0. The molecule has 0 bridgehead atoms. The average molecular weight is 311 g/mol. The van der Waals surface area contributed by atoms with E-state index in [4.69, 9.17) is 9.84 Å². The lowest BCUT2D eigenvalue weighted by molar-refractivity contribution is 0.0696. The minimum atomic E-state index is -0.961. The Bertz CT molecular complexity index is 706. The normalized spacial score (nSPS) is 14.8. The minimum absolute atomic E-state index is 0.223. The Morgan fingerprint density at radius 3 is 2.26 bits per heavy atom. The van der Waals surface area contributed by atoms with Gasteiger partial charge in [-0.15, -0.1) is 0 Å². The van der Waals surface area contributed by atoms with E-state index in [9.17, 15) is 9.59 Å². The van der Waals surface area contributed by atoms with Crippen molar-refractivity contribution in [1.29, 1.82) is 0 Å². The van der Waals surface area contributed by atoms with Gasteiger partial charge in [-0.1, -0.05) is 42.5 Å². The van der Waals surface area contributed by atoms with Crippen molar-refractivity contribution in [3.8, 4) is 0 Å². The van der Waals surface area contributed by atoms with Crippen molar-refractivity contribution in [1.82, 2.24) is 5.32 Å². The highest BCUT2D eigenvalue weighted by atomic mass is 16.5. The monoisotopic (exact) mass is 311 g/mol. The largest absolute Gasteiger partial charge is 0.478 e. The summed E-state index contributed by atoms with van der Waals surface area (Å²) in [4.78, 5) is 22.9. The number of carboxylic acid groups (broad SMARTS) is 1. The number of amides is 1. The van der Waals surface area contributed by atoms with Crippen LogP contribution in [-0.2, 0) is 16.9 Å². The molecular weight excluding hydrogens is 294 g/mol. The Morgan fingerprint density at radius 1 is 1.04 bits per heavy atom. The van der Waals surface area contributed by atoms with Crippen LogP contribution in [0.25, 0.3) is 0 Å². The van der Waals surface area contributed by atoms with Crippen LogP contribution >= 0.6 is 0 Å². The fourth-order valence-corrected chi connectivity index (χ4v) is 2.50. The zero-order chi connectivity index (χ0) is 16.3. The van der Waals surface area contributed by atoms with Crippen LogP contribution in [0.5, 0.6) is 0 Å². The first-order valence-corrected chi connectivity index (χ1v) is 7.42. The highest BCUT2D eigenvalue weighted by Gasteiger charge is 2.46. The number of benzene rings is 2. The second-order valence-corrected chi connectivity index (χ2v) is 5.65. The van der Waals surface area contributed by atoms with Gasteiger partial charge in [0.25, 0.3) is 0 Å². The molecule has 0 atom stereocenters. The fourth-order valence-electron chi connectivity index (χ4n) is 2.50. The molecule has 5 heteroatoms. The third kappa shape index (κ3) is 3.51. The molecule has 0 aliphatic heterocycles. The van der Waals surface area contributed by atoms with Crippen molar-refractivity contribution in [2.75, 3.05) is 0 Å². The zero-order valence-corrected chi connectivity index (χ0v) is 12.5. The number of carbonyl (C=O) groups excluding carboxylic acids is 1. The molecule has 1 fully saturated rings. The number of nitrogens with one attached hydrogen (secondary N) is 1. The van der Waals surface area contributed by atoms with Crippen LogP contribution in [0.3, 0.4) is 0 Å². The van der Waals surface area contributed by atoms with E-state index in [2.05, 4.69) is 5.32 Å². The molecule has 0 saturated heterocycles. The fraction of sp³-hybridized carbons (Fsp3) is 0.222. The minimum Gasteiger partial charge on any atom is -0.478 e. The molecule has 1 amide bonds. The van der Waals surface area contributed by atoms with Crippen LogP contribution in [-0.4, -0.2) is 17.2 Å².